The van der Waals surface area contributed by atoms with E-state index >= 15 is 0 Å². The molecule has 0 aromatic carbocycles. The number of likely N-dealkylation sites (N-methyl/N-ethyl adjacent to an activating group) is 1. The highest BCUT2D eigenvalue weighted by molar-refractivity contribution is 5.78. The Labute approximate surface area is 151 Å². The number of likely N-dealkylation sites (tertiary alicyclic amines) is 1. The highest BCUT2D eigenvalue weighted by Crippen LogP contribution is 2.25. The summed E-state index contributed by atoms with van der Waals surface area (Å²) < 4.78 is 0. The van der Waals surface area contributed by atoms with E-state index in [0.29, 0.717) is 18.5 Å². The van der Waals surface area contributed by atoms with E-state index in [4.69, 9.17) is 5.11 Å². The van der Waals surface area contributed by atoms with Crippen LogP contribution in [0.4, 0.5) is 0 Å². The van der Waals surface area contributed by atoms with E-state index in [1.165, 1.54) is 0 Å². The minimum absolute atomic E-state index is 0.197. The molecule has 0 radical (unpaired) electrons. The maximum Gasteiger partial charge on any atom is 0.236 e. The molecule has 1 aliphatic heterocycles. The molecule has 0 bridgehead atoms. The lowest BCUT2D eigenvalue weighted by Crippen LogP contribution is -2.52. The van der Waals surface area contributed by atoms with Gasteiger partial charge in [-0.25, -0.2) is 0 Å². The molecule has 140 valence electrons. The van der Waals surface area contributed by atoms with E-state index < -0.39 is 0 Å². The summed E-state index contributed by atoms with van der Waals surface area (Å²) >= 11 is 0. The fourth-order valence-electron chi connectivity index (χ4n) is 3.75. The van der Waals surface area contributed by atoms with Gasteiger partial charge in [0.2, 0.25) is 5.91 Å². The van der Waals surface area contributed by atoms with Crippen LogP contribution in [0.5, 0.6) is 0 Å². The predicted octanol–water partition coefficient (Wildman–Crippen LogP) is 1.06. The first-order chi connectivity index (χ1) is 12.0. The highest BCUT2D eigenvalue weighted by atomic mass is 16.3. The van der Waals surface area contributed by atoms with Gasteiger partial charge in [-0.3, -0.25) is 14.7 Å². The van der Waals surface area contributed by atoms with Crippen LogP contribution in [0.1, 0.15) is 24.8 Å². The molecule has 0 unspecified atom stereocenters. The topological polar surface area (TPSA) is 59.9 Å². The number of hydrogen-bond acceptors (Lipinski definition) is 5. The molecule has 1 amide bonds. The Kier molecular flexibility index (Phi) is 7.81. The Morgan fingerprint density at radius 2 is 2.04 bits per heavy atom. The van der Waals surface area contributed by atoms with Crippen molar-refractivity contribution in [3.63, 3.8) is 0 Å². The number of aromatic nitrogens is 1. The van der Waals surface area contributed by atoms with Gasteiger partial charge in [-0.05, 0) is 64.0 Å². The molecule has 0 spiro atoms. The lowest BCUT2D eigenvalue weighted by Gasteiger charge is -2.42. The van der Waals surface area contributed by atoms with Crippen molar-refractivity contribution in [3.05, 3.63) is 30.1 Å². The Morgan fingerprint density at radius 3 is 2.68 bits per heavy atom. The number of carbonyl (C=O) groups is 1. The molecule has 1 aromatic rings. The monoisotopic (exact) mass is 348 g/mol. The third-order valence-corrected chi connectivity index (χ3v) is 5.05. The lowest BCUT2D eigenvalue weighted by molar-refractivity contribution is -0.135. The van der Waals surface area contributed by atoms with Crippen LogP contribution in [0.25, 0.3) is 0 Å². The van der Waals surface area contributed by atoms with Gasteiger partial charge < -0.3 is 14.9 Å². The molecule has 0 saturated carbocycles. The van der Waals surface area contributed by atoms with Crippen LogP contribution in [0.3, 0.4) is 0 Å². The number of aliphatic hydroxyl groups is 1. The van der Waals surface area contributed by atoms with Gasteiger partial charge in [0.1, 0.15) is 0 Å². The number of amides is 1. The first-order valence-corrected chi connectivity index (χ1v) is 9.13. The van der Waals surface area contributed by atoms with E-state index in [9.17, 15) is 4.79 Å². The first-order valence-electron chi connectivity index (χ1n) is 9.13. The van der Waals surface area contributed by atoms with Crippen molar-refractivity contribution in [2.24, 2.45) is 5.92 Å². The Hall–Kier alpha value is -1.50. The fourth-order valence-corrected chi connectivity index (χ4v) is 3.75. The Morgan fingerprint density at radius 1 is 1.32 bits per heavy atom. The molecule has 1 N–H and O–H groups in total. The highest BCUT2D eigenvalue weighted by Gasteiger charge is 2.32. The van der Waals surface area contributed by atoms with Gasteiger partial charge in [-0.1, -0.05) is 0 Å². The molecule has 25 heavy (non-hydrogen) atoms. The van der Waals surface area contributed by atoms with Gasteiger partial charge in [0.25, 0.3) is 0 Å². The van der Waals surface area contributed by atoms with Crippen molar-refractivity contribution in [2.75, 3.05) is 47.4 Å². The molecule has 1 saturated heterocycles. The number of rotatable bonds is 8. The van der Waals surface area contributed by atoms with Crippen LogP contribution in [0, 0.1) is 5.92 Å². The van der Waals surface area contributed by atoms with Gasteiger partial charge in [-0.15, -0.1) is 0 Å². The summed E-state index contributed by atoms with van der Waals surface area (Å²) in [6, 6.07) is 4.45. The van der Waals surface area contributed by atoms with Crippen LogP contribution in [-0.2, 0) is 11.3 Å². The number of aliphatic hydroxyl groups excluding tert-OH is 1. The predicted molar refractivity (Wildman–Crippen MR) is 99.1 cm³/mol. The molecule has 0 aliphatic carbocycles. The normalized spacial score (nSPS) is 21.1. The zero-order valence-electron chi connectivity index (χ0n) is 15.8. The van der Waals surface area contributed by atoms with Crippen LogP contribution < -0.4 is 0 Å². The van der Waals surface area contributed by atoms with Crippen molar-refractivity contribution < 1.29 is 9.90 Å². The van der Waals surface area contributed by atoms with Crippen LogP contribution >= 0.6 is 0 Å². The maximum atomic E-state index is 12.7. The molecule has 2 heterocycles. The van der Waals surface area contributed by atoms with Crippen molar-refractivity contribution in [1.82, 2.24) is 19.7 Å². The fraction of sp³-hybridized carbons (Fsp3) is 0.684. The SMILES string of the molecule is CN(CC(=O)N1CC[C@@H](N(C)C)[C@@H](CCCO)C1)Cc1ccncc1. The second kappa shape index (κ2) is 9.85. The molecule has 1 fully saturated rings. The van der Waals surface area contributed by atoms with Gasteiger partial charge >= 0.3 is 0 Å². The van der Waals surface area contributed by atoms with Gasteiger partial charge in [0.15, 0.2) is 0 Å². The molecular formula is C19H32N4O2. The standard InChI is InChI=1S/C19H32N4O2/c1-21(2)18-8-11-23(14-17(18)5-4-12-24)19(25)15-22(3)13-16-6-9-20-10-7-16/h6-7,9-10,17-18,24H,4-5,8,11-15H2,1-3H3/t17-,18+/m0/s1. The summed E-state index contributed by atoms with van der Waals surface area (Å²) in [5, 5.41) is 9.15. The maximum absolute atomic E-state index is 12.7. The summed E-state index contributed by atoms with van der Waals surface area (Å²) in [4.78, 5) is 23.1. The average Bonchev–Trinajstić information content (AvgIpc) is 2.60. The summed E-state index contributed by atoms with van der Waals surface area (Å²) in [7, 11) is 6.20. The number of pyridine rings is 1. The van der Waals surface area contributed by atoms with Gasteiger partial charge in [0, 0.05) is 44.7 Å². The van der Waals surface area contributed by atoms with Crippen molar-refractivity contribution in [2.45, 2.75) is 31.8 Å². The number of piperidine rings is 1. The van der Waals surface area contributed by atoms with Crippen LogP contribution in [0.2, 0.25) is 0 Å². The summed E-state index contributed by atoms with van der Waals surface area (Å²) in [6.07, 6.45) is 6.34. The quantitative estimate of drug-likeness (QED) is 0.761. The second-order valence-corrected chi connectivity index (χ2v) is 7.31. The van der Waals surface area contributed by atoms with E-state index in [2.05, 4.69) is 28.9 Å². The smallest absolute Gasteiger partial charge is 0.236 e. The molecule has 2 atom stereocenters. The van der Waals surface area contributed by atoms with E-state index in [1.54, 1.807) is 12.4 Å². The molecule has 6 heteroatoms. The van der Waals surface area contributed by atoms with Crippen molar-refractivity contribution >= 4 is 5.91 Å². The van der Waals surface area contributed by atoms with Crippen LogP contribution in [0.15, 0.2) is 24.5 Å². The minimum atomic E-state index is 0.197. The Bertz CT molecular complexity index is 523. The van der Waals surface area contributed by atoms with Gasteiger partial charge in [0.05, 0.1) is 6.54 Å². The molecule has 6 nitrogen and oxygen atoms in total. The van der Waals surface area contributed by atoms with Crippen LogP contribution in [-0.4, -0.2) is 84.1 Å². The van der Waals surface area contributed by atoms with E-state index in [-0.39, 0.29) is 12.5 Å². The van der Waals surface area contributed by atoms with Crippen molar-refractivity contribution in [1.29, 1.82) is 0 Å². The first kappa shape index (κ1) is 19.8. The molecule has 2 rings (SSSR count). The molecule has 1 aliphatic rings. The van der Waals surface area contributed by atoms with Crippen molar-refractivity contribution in [3.8, 4) is 0 Å². The third-order valence-electron chi connectivity index (χ3n) is 5.05. The Balaban J connectivity index is 1.88. The van der Waals surface area contributed by atoms with E-state index in [0.717, 1.165) is 44.5 Å². The minimum Gasteiger partial charge on any atom is -0.396 e. The molecular weight excluding hydrogens is 316 g/mol. The largest absolute Gasteiger partial charge is 0.396 e. The second-order valence-electron chi connectivity index (χ2n) is 7.31. The van der Waals surface area contributed by atoms with Gasteiger partial charge in [-0.2, -0.15) is 0 Å². The number of nitrogens with zero attached hydrogens (tertiary/aromatic N) is 4. The zero-order valence-corrected chi connectivity index (χ0v) is 15.8. The average molecular weight is 348 g/mol. The zero-order chi connectivity index (χ0) is 18.2. The van der Waals surface area contributed by atoms with E-state index in [1.807, 2.05) is 24.1 Å². The lowest BCUT2D eigenvalue weighted by atomic mass is 9.87. The summed E-state index contributed by atoms with van der Waals surface area (Å²) in [5.74, 6) is 0.633. The third kappa shape index (κ3) is 6.06. The summed E-state index contributed by atoms with van der Waals surface area (Å²) in [6.45, 7) is 3.02. The number of carbonyl (C=O) groups excluding carboxylic acids is 1. The summed E-state index contributed by atoms with van der Waals surface area (Å²) in [5.41, 5.74) is 1.16. The number of hydrogen-bond donors (Lipinski definition) is 1. The molecule has 1 aromatic heterocycles.